The zero-order chi connectivity index (χ0) is 17.0. The Balaban J connectivity index is 2.09. The highest BCUT2D eigenvalue weighted by Gasteiger charge is 2.17. The lowest BCUT2D eigenvalue weighted by Crippen LogP contribution is -2.16. The van der Waals surface area contributed by atoms with Crippen molar-refractivity contribution < 1.29 is 18.3 Å². The van der Waals surface area contributed by atoms with Gasteiger partial charge in [-0.05, 0) is 43.7 Å². The van der Waals surface area contributed by atoms with Gasteiger partial charge >= 0.3 is 0 Å². The third kappa shape index (κ3) is 4.29. The van der Waals surface area contributed by atoms with E-state index in [0.29, 0.717) is 11.3 Å². The molecule has 122 valence electrons. The molecule has 1 aromatic heterocycles. The molecule has 0 aliphatic carbocycles. The largest absolute Gasteiger partial charge is 0.505 e. The highest BCUT2D eigenvalue weighted by molar-refractivity contribution is 7.91. The Hall–Kier alpha value is -2.41. The molecular weight excluding hydrogens is 316 g/mol. The predicted octanol–water partition coefficient (Wildman–Crippen LogP) is 2.36. The highest BCUT2D eigenvalue weighted by Crippen LogP contribution is 2.17. The van der Waals surface area contributed by atoms with Gasteiger partial charge in [-0.1, -0.05) is 12.1 Å². The maximum atomic E-state index is 12.0. The maximum absolute atomic E-state index is 12.0. The van der Waals surface area contributed by atoms with E-state index in [-0.39, 0.29) is 17.2 Å². The molecule has 0 aliphatic rings. The molecule has 1 amide bonds. The Labute approximate surface area is 135 Å². The van der Waals surface area contributed by atoms with Crippen molar-refractivity contribution in [1.82, 2.24) is 4.98 Å². The van der Waals surface area contributed by atoms with Gasteiger partial charge in [0.25, 0.3) is 5.91 Å². The van der Waals surface area contributed by atoms with Gasteiger partial charge in [0.05, 0.1) is 11.0 Å². The van der Waals surface area contributed by atoms with E-state index in [0.717, 1.165) is 0 Å². The quantitative estimate of drug-likeness (QED) is 0.875. The van der Waals surface area contributed by atoms with Crippen LogP contribution in [-0.4, -0.2) is 29.7 Å². The van der Waals surface area contributed by atoms with E-state index in [1.165, 1.54) is 18.3 Å². The molecular formula is C16H18N2O4S. The predicted molar refractivity (Wildman–Crippen MR) is 88.1 cm³/mol. The molecule has 0 fully saturated rings. The Morgan fingerprint density at radius 3 is 2.43 bits per heavy atom. The summed E-state index contributed by atoms with van der Waals surface area (Å²) in [5, 5.41) is 11.8. The molecule has 7 heteroatoms. The molecule has 0 aliphatic heterocycles. The van der Waals surface area contributed by atoms with Crippen LogP contribution in [0.15, 0.2) is 42.6 Å². The number of rotatable bonds is 5. The fourth-order valence-corrected chi connectivity index (χ4v) is 2.84. The molecule has 23 heavy (non-hydrogen) atoms. The zero-order valence-electron chi connectivity index (χ0n) is 12.9. The summed E-state index contributed by atoms with van der Waals surface area (Å²) in [7, 11) is -3.17. The SMILES string of the molecule is CC(C)S(=O)(=O)Cc1ccc(NC(=O)c2ncccc2O)cc1. The molecule has 2 N–H and O–H groups in total. The van der Waals surface area contributed by atoms with E-state index >= 15 is 0 Å². The van der Waals surface area contributed by atoms with E-state index in [1.54, 1.807) is 38.1 Å². The number of pyridine rings is 1. The van der Waals surface area contributed by atoms with Crippen molar-refractivity contribution in [2.45, 2.75) is 24.9 Å². The number of aromatic hydroxyl groups is 1. The summed E-state index contributed by atoms with van der Waals surface area (Å²) in [4.78, 5) is 15.8. The first-order valence-electron chi connectivity index (χ1n) is 7.05. The van der Waals surface area contributed by atoms with Crippen molar-refractivity contribution in [1.29, 1.82) is 0 Å². The number of nitrogens with one attached hydrogen (secondary N) is 1. The molecule has 1 aromatic carbocycles. The summed E-state index contributed by atoms with van der Waals surface area (Å²) < 4.78 is 23.8. The molecule has 0 atom stereocenters. The molecule has 0 saturated heterocycles. The molecule has 2 aromatic rings. The van der Waals surface area contributed by atoms with Crippen LogP contribution >= 0.6 is 0 Å². The summed E-state index contributed by atoms with van der Waals surface area (Å²) in [6, 6.07) is 9.42. The van der Waals surface area contributed by atoms with Gasteiger partial charge in [0, 0.05) is 11.9 Å². The lowest BCUT2D eigenvalue weighted by Gasteiger charge is -2.09. The molecule has 6 nitrogen and oxygen atoms in total. The molecule has 0 radical (unpaired) electrons. The van der Waals surface area contributed by atoms with Crippen LogP contribution in [0.4, 0.5) is 5.69 Å². The van der Waals surface area contributed by atoms with Crippen LogP contribution in [0.25, 0.3) is 0 Å². The Morgan fingerprint density at radius 2 is 1.87 bits per heavy atom. The minimum absolute atomic E-state index is 0.0417. The second-order valence-corrected chi connectivity index (χ2v) is 7.94. The Kier molecular flexibility index (Phi) is 5.00. The van der Waals surface area contributed by atoms with Crippen LogP contribution in [0.2, 0.25) is 0 Å². The minimum atomic E-state index is -3.17. The zero-order valence-corrected chi connectivity index (χ0v) is 13.7. The molecule has 0 saturated carbocycles. The van der Waals surface area contributed by atoms with Crippen molar-refractivity contribution in [2.24, 2.45) is 0 Å². The molecule has 1 heterocycles. The van der Waals surface area contributed by atoms with Crippen molar-refractivity contribution in [2.75, 3.05) is 5.32 Å². The van der Waals surface area contributed by atoms with Crippen LogP contribution in [-0.2, 0) is 15.6 Å². The fourth-order valence-electron chi connectivity index (χ4n) is 1.85. The number of anilines is 1. The van der Waals surface area contributed by atoms with Crippen molar-refractivity contribution in [3.05, 3.63) is 53.9 Å². The van der Waals surface area contributed by atoms with Crippen molar-refractivity contribution in [3.8, 4) is 5.75 Å². The van der Waals surface area contributed by atoms with Gasteiger partial charge in [-0.2, -0.15) is 0 Å². The standard InChI is InChI=1S/C16H18N2O4S/c1-11(2)23(21,22)10-12-5-7-13(8-6-12)18-16(20)15-14(19)4-3-9-17-15/h3-9,11,19H,10H2,1-2H3,(H,18,20). The highest BCUT2D eigenvalue weighted by atomic mass is 32.2. The van der Waals surface area contributed by atoms with Gasteiger partial charge in [-0.25, -0.2) is 13.4 Å². The average Bonchev–Trinajstić information content (AvgIpc) is 2.49. The minimum Gasteiger partial charge on any atom is -0.505 e. The molecule has 2 rings (SSSR count). The summed E-state index contributed by atoms with van der Waals surface area (Å²) >= 11 is 0. The van der Waals surface area contributed by atoms with E-state index in [2.05, 4.69) is 10.3 Å². The third-order valence-electron chi connectivity index (χ3n) is 3.30. The number of hydrogen-bond acceptors (Lipinski definition) is 5. The monoisotopic (exact) mass is 334 g/mol. The van der Waals surface area contributed by atoms with E-state index < -0.39 is 21.0 Å². The number of hydrogen-bond donors (Lipinski definition) is 2. The van der Waals surface area contributed by atoms with Crippen LogP contribution in [0, 0.1) is 0 Å². The van der Waals surface area contributed by atoms with E-state index in [1.807, 2.05) is 0 Å². The number of carbonyl (C=O) groups excluding carboxylic acids is 1. The number of nitrogens with zero attached hydrogens (tertiary/aromatic N) is 1. The summed E-state index contributed by atoms with van der Waals surface area (Å²) in [6.45, 7) is 3.28. The van der Waals surface area contributed by atoms with E-state index in [4.69, 9.17) is 0 Å². The second kappa shape index (κ2) is 6.78. The number of sulfone groups is 1. The van der Waals surface area contributed by atoms with Gasteiger partial charge in [0.15, 0.2) is 15.5 Å². The van der Waals surface area contributed by atoms with Crippen LogP contribution in [0.3, 0.4) is 0 Å². The van der Waals surface area contributed by atoms with E-state index in [9.17, 15) is 18.3 Å². The van der Waals surface area contributed by atoms with Crippen LogP contribution in [0.1, 0.15) is 29.9 Å². The summed E-state index contributed by atoms with van der Waals surface area (Å²) in [6.07, 6.45) is 1.41. The maximum Gasteiger partial charge on any atom is 0.278 e. The van der Waals surface area contributed by atoms with Gasteiger partial charge in [-0.3, -0.25) is 4.79 Å². The average molecular weight is 334 g/mol. The Morgan fingerprint density at radius 1 is 1.22 bits per heavy atom. The number of carbonyl (C=O) groups is 1. The molecule has 0 spiro atoms. The first-order valence-corrected chi connectivity index (χ1v) is 8.77. The van der Waals surface area contributed by atoms with Crippen molar-refractivity contribution >= 4 is 21.4 Å². The number of amides is 1. The summed E-state index contributed by atoms with van der Waals surface area (Å²) in [5.74, 6) is -0.782. The topological polar surface area (TPSA) is 96.4 Å². The number of benzene rings is 1. The first kappa shape index (κ1) is 17.0. The van der Waals surface area contributed by atoms with Gasteiger partial charge in [0.1, 0.15) is 5.75 Å². The van der Waals surface area contributed by atoms with Crippen LogP contribution < -0.4 is 5.32 Å². The normalized spacial score (nSPS) is 11.4. The molecule has 0 unspecified atom stereocenters. The first-order chi connectivity index (χ1) is 10.8. The Bertz CT molecular complexity index is 799. The molecule has 0 bridgehead atoms. The fraction of sp³-hybridized carbons (Fsp3) is 0.250. The second-order valence-electron chi connectivity index (χ2n) is 5.38. The number of aromatic nitrogens is 1. The van der Waals surface area contributed by atoms with Gasteiger partial charge in [0.2, 0.25) is 0 Å². The van der Waals surface area contributed by atoms with Crippen molar-refractivity contribution in [3.63, 3.8) is 0 Å². The summed E-state index contributed by atoms with van der Waals surface area (Å²) in [5.41, 5.74) is 1.07. The smallest absolute Gasteiger partial charge is 0.278 e. The van der Waals surface area contributed by atoms with Gasteiger partial charge in [-0.15, -0.1) is 0 Å². The lowest BCUT2D eigenvalue weighted by atomic mass is 10.2. The van der Waals surface area contributed by atoms with Crippen LogP contribution in [0.5, 0.6) is 5.75 Å². The third-order valence-corrected chi connectivity index (χ3v) is 5.47. The van der Waals surface area contributed by atoms with Gasteiger partial charge < -0.3 is 10.4 Å². The lowest BCUT2D eigenvalue weighted by molar-refractivity contribution is 0.101.